The highest BCUT2D eigenvalue weighted by molar-refractivity contribution is 7.99. The fourth-order valence-corrected chi connectivity index (χ4v) is 2.31. The lowest BCUT2D eigenvalue weighted by atomic mass is 10.0. The monoisotopic (exact) mass is 268 g/mol. The predicted molar refractivity (Wildman–Crippen MR) is 70.0 cm³/mol. The molecule has 1 heterocycles. The van der Waals surface area contributed by atoms with Gasteiger partial charge in [-0.3, -0.25) is 10.1 Å². The first-order chi connectivity index (χ1) is 7.15. The Hall–Kier alpha value is 0.0300. The van der Waals surface area contributed by atoms with Gasteiger partial charge in [0.2, 0.25) is 5.91 Å². The van der Waals surface area contributed by atoms with Gasteiger partial charge >= 0.3 is 0 Å². The number of aliphatic hydroxyl groups is 1. The molecule has 0 saturated carbocycles. The van der Waals surface area contributed by atoms with Gasteiger partial charge in [-0.05, 0) is 5.92 Å². The third-order valence-electron chi connectivity index (χ3n) is 2.82. The Morgan fingerprint density at radius 2 is 2.38 bits per heavy atom. The number of rotatable bonds is 5. The Labute approximate surface area is 107 Å². The van der Waals surface area contributed by atoms with Crippen LogP contribution in [0.1, 0.15) is 20.3 Å². The van der Waals surface area contributed by atoms with E-state index >= 15 is 0 Å². The summed E-state index contributed by atoms with van der Waals surface area (Å²) in [5.41, 5.74) is 0. The van der Waals surface area contributed by atoms with Gasteiger partial charge in [-0.15, -0.1) is 24.2 Å². The summed E-state index contributed by atoms with van der Waals surface area (Å²) in [6.07, 6.45) is 0.488. The molecule has 0 radical (unpaired) electrons. The molecule has 0 spiro atoms. The molecule has 1 saturated heterocycles. The summed E-state index contributed by atoms with van der Waals surface area (Å²) < 4.78 is 0. The summed E-state index contributed by atoms with van der Waals surface area (Å²) in [5.74, 6) is 1.90. The predicted octanol–water partition coefficient (Wildman–Crippen LogP) is 0.594. The number of carbonyl (C=O) groups is 1. The summed E-state index contributed by atoms with van der Waals surface area (Å²) in [7, 11) is 0. The molecule has 0 aromatic heterocycles. The third kappa shape index (κ3) is 4.91. The maximum absolute atomic E-state index is 11.6. The highest BCUT2D eigenvalue weighted by Gasteiger charge is 2.23. The van der Waals surface area contributed by atoms with E-state index in [-0.39, 0.29) is 30.3 Å². The lowest BCUT2D eigenvalue weighted by molar-refractivity contribution is -0.123. The average Bonchev–Trinajstić information content (AvgIpc) is 2.77. The number of halogens is 1. The lowest BCUT2D eigenvalue weighted by Crippen LogP contribution is -2.45. The molecule has 4 nitrogen and oxygen atoms in total. The molecule has 1 aliphatic heterocycles. The zero-order valence-corrected chi connectivity index (χ0v) is 11.4. The standard InChI is InChI=1S/C10H20N2O2S.ClH/c1-3-7(2)9(13)4-11-10(14)8-5-15-6-12-8;/h7-9,12-13H,3-6H2,1-2H3,(H,11,14);1H/t7?,8-,9?;/m1./s1. The van der Waals surface area contributed by atoms with E-state index in [1.54, 1.807) is 11.8 Å². The molecular formula is C10H21ClN2O2S. The second-order valence-corrected chi connectivity index (χ2v) is 5.00. The molecule has 1 rings (SSSR count). The Kier molecular flexibility index (Phi) is 8.18. The lowest BCUT2D eigenvalue weighted by Gasteiger charge is -2.18. The number of thioether (sulfide) groups is 1. The molecule has 0 bridgehead atoms. The molecule has 3 N–H and O–H groups in total. The largest absolute Gasteiger partial charge is 0.391 e. The number of hydrogen-bond donors (Lipinski definition) is 3. The summed E-state index contributed by atoms with van der Waals surface area (Å²) in [6, 6.07) is -0.0841. The number of aliphatic hydroxyl groups excluding tert-OH is 1. The van der Waals surface area contributed by atoms with Gasteiger partial charge in [0.05, 0.1) is 12.1 Å². The zero-order valence-electron chi connectivity index (χ0n) is 9.73. The molecule has 1 aliphatic rings. The van der Waals surface area contributed by atoms with E-state index in [2.05, 4.69) is 10.6 Å². The number of carbonyl (C=O) groups excluding carboxylic acids is 1. The zero-order chi connectivity index (χ0) is 11.3. The fraction of sp³-hybridized carbons (Fsp3) is 0.900. The van der Waals surface area contributed by atoms with Gasteiger partial charge < -0.3 is 10.4 Å². The van der Waals surface area contributed by atoms with Crippen LogP contribution in [0.25, 0.3) is 0 Å². The van der Waals surface area contributed by atoms with Crippen LogP contribution in [0.3, 0.4) is 0 Å². The third-order valence-corrected chi connectivity index (χ3v) is 3.76. The Morgan fingerprint density at radius 3 is 2.88 bits per heavy atom. The molecule has 0 aromatic carbocycles. The fourth-order valence-electron chi connectivity index (χ4n) is 1.37. The van der Waals surface area contributed by atoms with E-state index in [0.717, 1.165) is 18.1 Å². The normalized spacial score (nSPS) is 23.3. The van der Waals surface area contributed by atoms with Crippen LogP contribution in [-0.4, -0.2) is 41.3 Å². The smallest absolute Gasteiger partial charge is 0.238 e. The van der Waals surface area contributed by atoms with Crippen molar-refractivity contribution in [3.05, 3.63) is 0 Å². The van der Waals surface area contributed by atoms with E-state index in [1.165, 1.54) is 0 Å². The minimum atomic E-state index is -0.437. The maximum atomic E-state index is 11.6. The molecule has 6 heteroatoms. The molecule has 1 amide bonds. The average molecular weight is 269 g/mol. The highest BCUT2D eigenvalue weighted by Crippen LogP contribution is 2.10. The van der Waals surface area contributed by atoms with Gasteiger partial charge in [-0.25, -0.2) is 0 Å². The Bertz CT molecular complexity index is 213. The summed E-state index contributed by atoms with van der Waals surface area (Å²) in [5, 5.41) is 15.5. The van der Waals surface area contributed by atoms with Crippen LogP contribution in [0.2, 0.25) is 0 Å². The summed E-state index contributed by atoms with van der Waals surface area (Å²) >= 11 is 1.72. The molecule has 0 aromatic rings. The van der Waals surface area contributed by atoms with Crippen molar-refractivity contribution < 1.29 is 9.90 Å². The Balaban J connectivity index is 0.00000225. The van der Waals surface area contributed by atoms with Crippen LogP contribution in [0, 0.1) is 5.92 Å². The van der Waals surface area contributed by atoms with Gasteiger partial charge in [-0.2, -0.15) is 0 Å². The molecule has 2 unspecified atom stereocenters. The van der Waals surface area contributed by atoms with Crippen molar-refractivity contribution in [2.75, 3.05) is 18.2 Å². The van der Waals surface area contributed by atoms with Crippen LogP contribution >= 0.6 is 24.2 Å². The number of nitrogens with one attached hydrogen (secondary N) is 2. The minimum Gasteiger partial charge on any atom is -0.391 e. The van der Waals surface area contributed by atoms with Crippen LogP contribution in [0.4, 0.5) is 0 Å². The van der Waals surface area contributed by atoms with Crippen LogP contribution in [0.5, 0.6) is 0 Å². The molecule has 1 fully saturated rings. The Morgan fingerprint density at radius 1 is 1.69 bits per heavy atom. The van der Waals surface area contributed by atoms with Crippen LogP contribution in [-0.2, 0) is 4.79 Å². The van der Waals surface area contributed by atoms with E-state index in [0.29, 0.717) is 6.54 Å². The van der Waals surface area contributed by atoms with Gasteiger partial charge in [0.1, 0.15) is 0 Å². The molecule has 3 atom stereocenters. The van der Waals surface area contributed by atoms with Crippen molar-refractivity contribution in [2.45, 2.75) is 32.4 Å². The van der Waals surface area contributed by atoms with Crippen molar-refractivity contribution >= 4 is 30.1 Å². The van der Waals surface area contributed by atoms with E-state index in [4.69, 9.17) is 0 Å². The molecule has 0 aliphatic carbocycles. The molecule has 16 heavy (non-hydrogen) atoms. The first-order valence-electron chi connectivity index (χ1n) is 5.42. The van der Waals surface area contributed by atoms with Crippen LogP contribution < -0.4 is 10.6 Å². The van der Waals surface area contributed by atoms with Gasteiger partial charge in [0.25, 0.3) is 0 Å². The van der Waals surface area contributed by atoms with E-state index in [1.807, 2.05) is 13.8 Å². The number of amides is 1. The summed E-state index contributed by atoms with van der Waals surface area (Å²) in [4.78, 5) is 11.6. The van der Waals surface area contributed by atoms with Crippen molar-refractivity contribution in [1.29, 1.82) is 0 Å². The highest BCUT2D eigenvalue weighted by atomic mass is 35.5. The van der Waals surface area contributed by atoms with Crippen molar-refractivity contribution in [3.63, 3.8) is 0 Å². The van der Waals surface area contributed by atoms with Gasteiger partial charge in [0.15, 0.2) is 0 Å². The first kappa shape index (κ1) is 16.0. The maximum Gasteiger partial charge on any atom is 0.238 e. The van der Waals surface area contributed by atoms with Gasteiger partial charge in [0, 0.05) is 18.2 Å². The number of hydrogen-bond acceptors (Lipinski definition) is 4. The SMILES string of the molecule is CCC(C)C(O)CNC(=O)[C@H]1CSCN1.Cl. The van der Waals surface area contributed by atoms with Crippen molar-refractivity contribution in [3.8, 4) is 0 Å². The molecule has 96 valence electrons. The topological polar surface area (TPSA) is 61.4 Å². The molecular weight excluding hydrogens is 248 g/mol. The summed E-state index contributed by atoms with van der Waals surface area (Å²) in [6.45, 7) is 4.38. The van der Waals surface area contributed by atoms with Gasteiger partial charge in [-0.1, -0.05) is 20.3 Å². The first-order valence-corrected chi connectivity index (χ1v) is 6.57. The second kappa shape index (κ2) is 8.17. The van der Waals surface area contributed by atoms with Crippen molar-refractivity contribution in [1.82, 2.24) is 10.6 Å². The second-order valence-electron chi connectivity index (χ2n) is 3.97. The van der Waals surface area contributed by atoms with E-state index < -0.39 is 6.10 Å². The minimum absolute atomic E-state index is 0. The van der Waals surface area contributed by atoms with Crippen LogP contribution in [0.15, 0.2) is 0 Å². The van der Waals surface area contributed by atoms with E-state index in [9.17, 15) is 9.90 Å². The van der Waals surface area contributed by atoms with Crippen molar-refractivity contribution in [2.24, 2.45) is 5.92 Å². The quantitative estimate of drug-likeness (QED) is 0.683.